The monoisotopic (exact) mass is 317 g/mol. The molecule has 2 aromatic carbocycles. The van der Waals surface area contributed by atoms with E-state index in [4.69, 9.17) is 9.47 Å². The molecule has 0 spiro atoms. The van der Waals surface area contributed by atoms with Crippen LogP contribution in [0.15, 0.2) is 42.5 Å². The molecule has 5 heteroatoms. The van der Waals surface area contributed by atoms with Gasteiger partial charge >= 0.3 is 0 Å². The van der Waals surface area contributed by atoms with Crippen LogP contribution >= 0.6 is 0 Å². The lowest BCUT2D eigenvalue weighted by atomic mass is 9.83. The van der Waals surface area contributed by atoms with Crippen molar-refractivity contribution in [1.29, 1.82) is 0 Å². The summed E-state index contributed by atoms with van der Waals surface area (Å²) in [5.74, 6) is 0.510. The number of hydrogen-bond acceptors (Lipinski definition) is 3. The molecule has 0 radical (unpaired) electrons. The molecule has 0 saturated heterocycles. The van der Waals surface area contributed by atoms with Crippen molar-refractivity contribution in [3.63, 3.8) is 0 Å². The molecule has 4 nitrogen and oxygen atoms in total. The first-order valence-corrected chi connectivity index (χ1v) is 7.18. The van der Waals surface area contributed by atoms with Crippen LogP contribution in [-0.4, -0.2) is 20.1 Å². The molecule has 0 unspecified atom stereocenters. The van der Waals surface area contributed by atoms with E-state index < -0.39 is 11.2 Å². The van der Waals surface area contributed by atoms with Crippen molar-refractivity contribution >= 4 is 11.6 Å². The number of benzene rings is 2. The van der Waals surface area contributed by atoms with Crippen molar-refractivity contribution < 1.29 is 18.7 Å². The van der Waals surface area contributed by atoms with Crippen LogP contribution in [0, 0.1) is 5.82 Å². The van der Waals surface area contributed by atoms with Crippen LogP contribution in [0.2, 0.25) is 0 Å². The highest BCUT2D eigenvalue weighted by Gasteiger charge is 2.30. The first kappa shape index (κ1) is 16.8. The number of carbonyl (C=O) groups excluding carboxylic acids is 1. The maximum atomic E-state index is 13.2. The van der Waals surface area contributed by atoms with Crippen LogP contribution in [0.4, 0.5) is 10.1 Å². The summed E-state index contributed by atoms with van der Waals surface area (Å²) < 4.78 is 23.7. The smallest absolute Gasteiger partial charge is 0.234 e. The molecule has 1 amide bonds. The number of halogens is 1. The van der Waals surface area contributed by atoms with E-state index in [-0.39, 0.29) is 5.91 Å². The molecule has 0 aliphatic rings. The molecule has 0 aromatic heterocycles. The predicted molar refractivity (Wildman–Crippen MR) is 87.6 cm³/mol. The van der Waals surface area contributed by atoms with E-state index in [1.807, 2.05) is 6.07 Å². The highest BCUT2D eigenvalue weighted by atomic mass is 19.1. The van der Waals surface area contributed by atoms with E-state index in [2.05, 4.69) is 5.32 Å². The first-order chi connectivity index (χ1) is 10.9. The Morgan fingerprint density at radius 3 is 2.35 bits per heavy atom. The first-order valence-electron chi connectivity index (χ1n) is 7.18. The fraction of sp³-hybridized carbons (Fsp3) is 0.278. The van der Waals surface area contributed by atoms with Crippen LogP contribution in [0.1, 0.15) is 19.4 Å². The molecule has 0 aliphatic heterocycles. The summed E-state index contributed by atoms with van der Waals surface area (Å²) in [5, 5.41) is 2.74. The Morgan fingerprint density at radius 1 is 1.04 bits per heavy atom. The van der Waals surface area contributed by atoms with E-state index in [1.54, 1.807) is 52.3 Å². The third-order valence-corrected chi connectivity index (χ3v) is 3.76. The third-order valence-electron chi connectivity index (χ3n) is 3.76. The highest BCUT2D eigenvalue weighted by molar-refractivity contribution is 5.98. The minimum atomic E-state index is -0.828. The quantitative estimate of drug-likeness (QED) is 0.913. The van der Waals surface area contributed by atoms with Gasteiger partial charge in [0.15, 0.2) is 11.5 Å². The molecule has 0 heterocycles. The van der Waals surface area contributed by atoms with Gasteiger partial charge < -0.3 is 14.8 Å². The van der Waals surface area contributed by atoms with Crippen molar-refractivity contribution in [2.45, 2.75) is 19.3 Å². The molecular formula is C18H20FNO3. The van der Waals surface area contributed by atoms with Crippen molar-refractivity contribution in [2.24, 2.45) is 0 Å². The number of ether oxygens (including phenoxy) is 2. The standard InChI is InChI=1S/C18H20FNO3/c1-18(2,12-8-9-15(22-3)16(10-12)23-4)17(21)20-14-7-5-6-13(19)11-14/h5-11H,1-4H3,(H,20,21). The number of rotatable bonds is 5. The molecule has 0 saturated carbocycles. The minimum absolute atomic E-state index is 0.240. The number of anilines is 1. The summed E-state index contributed by atoms with van der Waals surface area (Å²) >= 11 is 0. The maximum Gasteiger partial charge on any atom is 0.234 e. The normalized spacial score (nSPS) is 11.0. The van der Waals surface area contributed by atoms with Crippen LogP contribution in [-0.2, 0) is 10.2 Å². The van der Waals surface area contributed by atoms with Crippen molar-refractivity contribution in [3.05, 3.63) is 53.8 Å². The zero-order valence-electron chi connectivity index (χ0n) is 13.6. The average Bonchev–Trinajstić information content (AvgIpc) is 2.54. The Balaban J connectivity index is 2.28. The Labute approximate surface area is 135 Å². The molecule has 0 atom stereocenters. The molecule has 0 fully saturated rings. The van der Waals surface area contributed by atoms with Crippen molar-refractivity contribution in [1.82, 2.24) is 0 Å². The summed E-state index contributed by atoms with van der Waals surface area (Å²) in [6.45, 7) is 3.59. The zero-order chi connectivity index (χ0) is 17.0. The second kappa shape index (κ2) is 6.69. The van der Waals surface area contributed by atoms with Crippen LogP contribution in [0.25, 0.3) is 0 Å². The molecule has 0 aliphatic carbocycles. The predicted octanol–water partition coefficient (Wildman–Crippen LogP) is 3.76. The van der Waals surface area contributed by atoms with E-state index in [0.29, 0.717) is 17.2 Å². The SMILES string of the molecule is COc1ccc(C(C)(C)C(=O)Nc2cccc(F)c2)cc1OC. The van der Waals surface area contributed by atoms with Gasteiger partial charge in [0.2, 0.25) is 5.91 Å². The van der Waals surface area contributed by atoms with E-state index in [9.17, 15) is 9.18 Å². The van der Waals surface area contributed by atoms with Gasteiger partial charge in [-0.05, 0) is 49.7 Å². The molecule has 1 N–H and O–H groups in total. The summed E-state index contributed by atoms with van der Waals surface area (Å²) in [5.41, 5.74) is 0.360. The van der Waals surface area contributed by atoms with Crippen molar-refractivity contribution in [2.75, 3.05) is 19.5 Å². The van der Waals surface area contributed by atoms with E-state index in [0.717, 1.165) is 5.56 Å². The number of nitrogens with one attached hydrogen (secondary N) is 1. The molecule has 0 bridgehead atoms. The highest BCUT2D eigenvalue weighted by Crippen LogP contribution is 2.33. The van der Waals surface area contributed by atoms with Gasteiger partial charge in [-0.2, -0.15) is 0 Å². The Morgan fingerprint density at radius 2 is 1.74 bits per heavy atom. The van der Waals surface area contributed by atoms with Crippen LogP contribution in [0.5, 0.6) is 11.5 Å². The maximum absolute atomic E-state index is 13.2. The molecule has 23 heavy (non-hydrogen) atoms. The van der Waals surface area contributed by atoms with Crippen LogP contribution in [0.3, 0.4) is 0 Å². The van der Waals surface area contributed by atoms with Gasteiger partial charge in [0, 0.05) is 5.69 Å². The van der Waals surface area contributed by atoms with Gasteiger partial charge in [0.05, 0.1) is 19.6 Å². The van der Waals surface area contributed by atoms with Crippen LogP contribution < -0.4 is 14.8 Å². The minimum Gasteiger partial charge on any atom is -0.493 e. The van der Waals surface area contributed by atoms with E-state index >= 15 is 0 Å². The summed E-state index contributed by atoms with van der Waals surface area (Å²) in [4.78, 5) is 12.6. The third kappa shape index (κ3) is 3.62. The van der Waals surface area contributed by atoms with Gasteiger partial charge in [-0.15, -0.1) is 0 Å². The number of hydrogen-bond donors (Lipinski definition) is 1. The largest absolute Gasteiger partial charge is 0.493 e. The van der Waals surface area contributed by atoms with Gasteiger partial charge in [-0.1, -0.05) is 12.1 Å². The van der Waals surface area contributed by atoms with Gasteiger partial charge in [0.25, 0.3) is 0 Å². The summed E-state index contributed by atoms with van der Waals surface area (Å²) in [7, 11) is 3.10. The lowest BCUT2D eigenvalue weighted by Crippen LogP contribution is -2.34. The lowest BCUT2D eigenvalue weighted by molar-refractivity contribution is -0.120. The molecule has 2 rings (SSSR count). The zero-order valence-corrected chi connectivity index (χ0v) is 13.6. The van der Waals surface area contributed by atoms with Gasteiger partial charge in [-0.25, -0.2) is 4.39 Å². The number of carbonyl (C=O) groups is 1. The Bertz CT molecular complexity index is 713. The Hall–Kier alpha value is -2.56. The van der Waals surface area contributed by atoms with Gasteiger partial charge in [0.1, 0.15) is 5.82 Å². The molecular weight excluding hydrogens is 297 g/mol. The number of amides is 1. The van der Waals surface area contributed by atoms with Gasteiger partial charge in [-0.3, -0.25) is 4.79 Å². The Kier molecular flexibility index (Phi) is 4.89. The number of methoxy groups -OCH3 is 2. The fourth-order valence-corrected chi connectivity index (χ4v) is 2.21. The summed E-state index contributed by atoms with van der Waals surface area (Å²) in [6, 6.07) is 11.1. The fourth-order valence-electron chi connectivity index (χ4n) is 2.21. The summed E-state index contributed by atoms with van der Waals surface area (Å²) in [6.07, 6.45) is 0. The van der Waals surface area contributed by atoms with Crippen molar-refractivity contribution in [3.8, 4) is 11.5 Å². The lowest BCUT2D eigenvalue weighted by Gasteiger charge is -2.25. The average molecular weight is 317 g/mol. The topological polar surface area (TPSA) is 47.6 Å². The molecule has 122 valence electrons. The molecule has 2 aromatic rings. The second-order valence-electron chi connectivity index (χ2n) is 5.66. The second-order valence-corrected chi connectivity index (χ2v) is 5.66. The van der Waals surface area contributed by atoms with E-state index in [1.165, 1.54) is 12.1 Å².